The Morgan fingerprint density at radius 1 is 1.36 bits per heavy atom. The molecule has 0 atom stereocenters. The number of methoxy groups -OCH3 is 1. The van der Waals surface area contributed by atoms with Gasteiger partial charge in [0.1, 0.15) is 16.5 Å². The zero-order valence-electron chi connectivity index (χ0n) is 7.54. The van der Waals surface area contributed by atoms with Crippen LogP contribution in [0.1, 0.15) is 5.56 Å². The third-order valence-corrected chi connectivity index (χ3v) is 2.55. The maximum atomic E-state index is 12.9. The number of rotatable bonds is 2. The zero-order chi connectivity index (χ0) is 10.9. The fourth-order valence-corrected chi connectivity index (χ4v) is 1.61. The van der Waals surface area contributed by atoms with Crippen molar-refractivity contribution in [2.45, 2.75) is 11.8 Å². The van der Waals surface area contributed by atoms with Gasteiger partial charge in [-0.05, 0) is 24.6 Å². The molecule has 0 bridgehead atoms. The van der Waals surface area contributed by atoms with Crippen LogP contribution in [0.2, 0.25) is 0 Å². The SMILES string of the molecule is COc1cc(C)c(F)cc1S(=O)(=O)F. The molecule has 1 rings (SSSR count). The minimum Gasteiger partial charge on any atom is -0.495 e. The second-order valence-electron chi connectivity index (χ2n) is 2.69. The molecule has 0 aromatic heterocycles. The Balaban J connectivity index is 3.51. The van der Waals surface area contributed by atoms with Gasteiger partial charge in [0.25, 0.3) is 0 Å². The highest BCUT2D eigenvalue weighted by molar-refractivity contribution is 7.86. The summed E-state index contributed by atoms with van der Waals surface area (Å²) in [6.07, 6.45) is 0. The van der Waals surface area contributed by atoms with E-state index in [0.29, 0.717) is 6.07 Å². The summed E-state index contributed by atoms with van der Waals surface area (Å²) < 4.78 is 51.3. The predicted molar refractivity (Wildman–Crippen MR) is 46.0 cm³/mol. The van der Waals surface area contributed by atoms with Crippen molar-refractivity contribution >= 4 is 10.2 Å². The molecule has 0 aliphatic rings. The van der Waals surface area contributed by atoms with Crippen molar-refractivity contribution in [1.82, 2.24) is 0 Å². The number of ether oxygens (including phenoxy) is 1. The van der Waals surface area contributed by atoms with Crippen LogP contribution >= 0.6 is 0 Å². The molecule has 0 unspecified atom stereocenters. The lowest BCUT2D eigenvalue weighted by molar-refractivity contribution is 0.398. The van der Waals surface area contributed by atoms with Crippen molar-refractivity contribution in [2.75, 3.05) is 7.11 Å². The van der Waals surface area contributed by atoms with Crippen molar-refractivity contribution in [3.8, 4) is 5.75 Å². The first-order valence-electron chi connectivity index (χ1n) is 3.65. The molecule has 0 N–H and O–H groups in total. The molecule has 0 aliphatic heterocycles. The van der Waals surface area contributed by atoms with Crippen molar-refractivity contribution in [3.63, 3.8) is 0 Å². The van der Waals surface area contributed by atoms with Gasteiger partial charge < -0.3 is 4.74 Å². The summed E-state index contributed by atoms with van der Waals surface area (Å²) >= 11 is 0. The summed E-state index contributed by atoms with van der Waals surface area (Å²) in [6.45, 7) is 1.42. The molecule has 0 saturated heterocycles. The molecule has 0 spiro atoms. The van der Waals surface area contributed by atoms with Gasteiger partial charge in [0.05, 0.1) is 7.11 Å². The largest absolute Gasteiger partial charge is 0.495 e. The van der Waals surface area contributed by atoms with Crippen LogP contribution < -0.4 is 4.74 Å². The lowest BCUT2D eigenvalue weighted by atomic mass is 10.2. The van der Waals surface area contributed by atoms with Crippen LogP contribution in [-0.4, -0.2) is 15.5 Å². The Kier molecular flexibility index (Phi) is 2.75. The molecular formula is C8H8F2O3S. The summed E-state index contributed by atoms with van der Waals surface area (Å²) in [6, 6.07) is 1.73. The van der Waals surface area contributed by atoms with E-state index in [1.54, 1.807) is 0 Å². The van der Waals surface area contributed by atoms with Gasteiger partial charge in [-0.2, -0.15) is 8.42 Å². The summed E-state index contributed by atoms with van der Waals surface area (Å²) in [5.41, 5.74) is 0.189. The van der Waals surface area contributed by atoms with E-state index in [4.69, 9.17) is 0 Å². The summed E-state index contributed by atoms with van der Waals surface area (Å²) in [5, 5.41) is 0. The van der Waals surface area contributed by atoms with Gasteiger partial charge in [-0.15, -0.1) is 3.89 Å². The number of benzene rings is 1. The Bertz CT molecular complexity index is 454. The van der Waals surface area contributed by atoms with Gasteiger partial charge in [0.2, 0.25) is 0 Å². The van der Waals surface area contributed by atoms with Crippen LogP contribution in [0.5, 0.6) is 5.75 Å². The molecule has 1 aromatic rings. The number of hydrogen-bond acceptors (Lipinski definition) is 3. The lowest BCUT2D eigenvalue weighted by Crippen LogP contribution is -1.99. The minimum atomic E-state index is -4.95. The fourth-order valence-electron chi connectivity index (χ4n) is 0.987. The van der Waals surface area contributed by atoms with Crippen molar-refractivity contribution in [1.29, 1.82) is 0 Å². The van der Waals surface area contributed by atoms with E-state index in [2.05, 4.69) is 4.74 Å². The van der Waals surface area contributed by atoms with Gasteiger partial charge in [-0.1, -0.05) is 0 Å². The molecule has 0 radical (unpaired) electrons. The standard InChI is InChI=1S/C8H8F2O3S/c1-5-3-7(13-2)8(4-6(5)9)14(10,11)12/h3-4H,1-2H3. The van der Waals surface area contributed by atoms with Gasteiger partial charge in [-0.25, -0.2) is 4.39 Å². The van der Waals surface area contributed by atoms with E-state index in [-0.39, 0.29) is 11.3 Å². The van der Waals surface area contributed by atoms with Gasteiger partial charge in [0, 0.05) is 0 Å². The Morgan fingerprint density at radius 2 is 1.93 bits per heavy atom. The zero-order valence-corrected chi connectivity index (χ0v) is 8.36. The first kappa shape index (κ1) is 10.9. The molecule has 0 fully saturated rings. The first-order chi connectivity index (χ1) is 6.36. The number of aryl methyl sites for hydroxylation is 1. The van der Waals surface area contributed by atoms with Crippen LogP contribution in [0.15, 0.2) is 17.0 Å². The van der Waals surface area contributed by atoms with Crippen LogP contribution in [0.25, 0.3) is 0 Å². The van der Waals surface area contributed by atoms with Crippen molar-refractivity contribution in [3.05, 3.63) is 23.5 Å². The van der Waals surface area contributed by atoms with Crippen molar-refractivity contribution in [2.24, 2.45) is 0 Å². The molecule has 78 valence electrons. The quantitative estimate of drug-likeness (QED) is 0.716. The van der Waals surface area contributed by atoms with Gasteiger partial charge in [-0.3, -0.25) is 0 Å². The number of halogens is 2. The third kappa shape index (κ3) is 2.01. The molecule has 1 aromatic carbocycles. The molecule has 14 heavy (non-hydrogen) atoms. The average molecular weight is 222 g/mol. The topological polar surface area (TPSA) is 43.4 Å². The highest BCUT2D eigenvalue weighted by atomic mass is 32.3. The first-order valence-corrected chi connectivity index (χ1v) is 5.03. The Labute approximate surface area is 80.5 Å². The van der Waals surface area contributed by atoms with Gasteiger partial charge in [0.15, 0.2) is 0 Å². The van der Waals surface area contributed by atoms with E-state index >= 15 is 0 Å². The maximum absolute atomic E-state index is 12.9. The molecule has 0 aliphatic carbocycles. The fraction of sp³-hybridized carbons (Fsp3) is 0.250. The Morgan fingerprint density at radius 3 is 2.36 bits per heavy atom. The van der Waals surface area contributed by atoms with Crippen LogP contribution in [0.4, 0.5) is 8.28 Å². The number of hydrogen-bond donors (Lipinski definition) is 0. The molecule has 0 heterocycles. The van der Waals surface area contributed by atoms with Crippen LogP contribution in [0, 0.1) is 12.7 Å². The minimum absolute atomic E-state index is 0.189. The average Bonchev–Trinajstić information content (AvgIpc) is 2.07. The molecule has 6 heteroatoms. The molecular weight excluding hydrogens is 214 g/mol. The smallest absolute Gasteiger partial charge is 0.335 e. The Hall–Kier alpha value is -1.17. The van der Waals surface area contributed by atoms with Crippen LogP contribution in [0.3, 0.4) is 0 Å². The van der Waals surface area contributed by atoms with Gasteiger partial charge >= 0.3 is 10.2 Å². The van der Waals surface area contributed by atoms with E-state index in [9.17, 15) is 16.7 Å². The van der Waals surface area contributed by atoms with Crippen LogP contribution in [-0.2, 0) is 10.2 Å². The molecule has 3 nitrogen and oxygen atoms in total. The van der Waals surface area contributed by atoms with E-state index in [1.807, 2.05) is 0 Å². The van der Waals surface area contributed by atoms with E-state index < -0.39 is 20.9 Å². The second-order valence-corrected chi connectivity index (χ2v) is 4.01. The summed E-state index contributed by atoms with van der Waals surface area (Å²) in [7, 11) is -3.77. The summed E-state index contributed by atoms with van der Waals surface area (Å²) in [5.74, 6) is -0.992. The van der Waals surface area contributed by atoms with Crippen molar-refractivity contribution < 1.29 is 21.4 Å². The van der Waals surface area contributed by atoms with E-state index in [1.165, 1.54) is 14.0 Å². The second kappa shape index (κ2) is 3.53. The molecule has 0 amide bonds. The van der Waals surface area contributed by atoms with E-state index in [0.717, 1.165) is 6.07 Å². The normalized spacial score (nSPS) is 11.4. The summed E-state index contributed by atoms with van der Waals surface area (Å²) in [4.78, 5) is -0.789. The predicted octanol–water partition coefficient (Wildman–Crippen LogP) is 1.80. The monoisotopic (exact) mass is 222 g/mol. The third-order valence-electron chi connectivity index (χ3n) is 1.71. The molecule has 0 saturated carbocycles. The lowest BCUT2D eigenvalue weighted by Gasteiger charge is -2.06. The highest BCUT2D eigenvalue weighted by Gasteiger charge is 2.20. The highest BCUT2D eigenvalue weighted by Crippen LogP contribution is 2.27. The maximum Gasteiger partial charge on any atom is 0.335 e.